The van der Waals surface area contributed by atoms with Gasteiger partial charge in [-0.25, -0.2) is 9.78 Å². The molecule has 178 valence electrons. The van der Waals surface area contributed by atoms with Gasteiger partial charge in [-0.2, -0.15) is 0 Å². The van der Waals surface area contributed by atoms with Crippen LogP contribution in [0.2, 0.25) is 0 Å². The van der Waals surface area contributed by atoms with Gasteiger partial charge in [-0.05, 0) is 60.7 Å². The molecular formula is C24H28F3N3O3. The summed E-state index contributed by atoms with van der Waals surface area (Å²) < 4.78 is 44.9. The molecule has 1 aliphatic rings. The van der Waals surface area contributed by atoms with Gasteiger partial charge in [0.2, 0.25) is 5.95 Å². The number of ether oxygens (including phenoxy) is 2. The van der Waals surface area contributed by atoms with E-state index in [1.165, 1.54) is 57.1 Å². The fraction of sp³-hybridized carbons (Fsp3) is 0.417. The lowest BCUT2D eigenvalue weighted by Gasteiger charge is -2.22. The molecule has 6 nitrogen and oxygen atoms in total. The predicted octanol–water partition coefficient (Wildman–Crippen LogP) is 6.82. The molecule has 1 fully saturated rings. The Bertz CT molecular complexity index is 1060. The quantitative estimate of drug-likeness (QED) is 0.415. The lowest BCUT2D eigenvalue weighted by molar-refractivity contribution is -0.274. The minimum atomic E-state index is -4.73. The van der Waals surface area contributed by atoms with Crippen molar-refractivity contribution in [3.8, 4) is 5.75 Å². The van der Waals surface area contributed by atoms with Crippen molar-refractivity contribution in [3.05, 3.63) is 48.0 Å². The Morgan fingerprint density at radius 1 is 1.09 bits per heavy atom. The highest BCUT2D eigenvalue weighted by atomic mass is 19.4. The van der Waals surface area contributed by atoms with Gasteiger partial charge in [0.25, 0.3) is 0 Å². The highest BCUT2D eigenvalue weighted by Crippen LogP contribution is 2.28. The summed E-state index contributed by atoms with van der Waals surface area (Å²) in [5.41, 5.74) is 2.12. The molecule has 9 heteroatoms. The van der Waals surface area contributed by atoms with Gasteiger partial charge in [0.15, 0.2) is 0 Å². The average Bonchev–Trinajstić information content (AvgIpc) is 3.15. The van der Waals surface area contributed by atoms with E-state index in [1.54, 1.807) is 18.2 Å². The number of hydrogen-bond donors (Lipinski definition) is 2. The zero-order chi connectivity index (χ0) is 24.0. The molecule has 1 heterocycles. The fourth-order valence-corrected chi connectivity index (χ4v) is 3.93. The van der Waals surface area contributed by atoms with Crippen molar-refractivity contribution in [3.63, 3.8) is 0 Å². The van der Waals surface area contributed by atoms with E-state index >= 15 is 0 Å². The smallest absolute Gasteiger partial charge is 0.465 e. The molecule has 2 N–H and O–H groups in total. The summed E-state index contributed by atoms with van der Waals surface area (Å²) in [4.78, 5) is 18.8. The van der Waals surface area contributed by atoms with E-state index in [9.17, 15) is 18.0 Å². The van der Waals surface area contributed by atoms with Crippen LogP contribution in [0.4, 0.5) is 24.8 Å². The first-order chi connectivity index (χ1) is 15.6. The van der Waals surface area contributed by atoms with Crippen molar-refractivity contribution >= 4 is 28.6 Å². The Hall–Kier alpha value is -3.23. The van der Waals surface area contributed by atoms with Gasteiger partial charge >= 0.3 is 12.3 Å². The Morgan fingerprint density at radius 3 is 2.30 bits per heavy atom. The molecule has 0 radical (unpaired) electrons. The zero-order valence-corrected chi connectivity index (χ0v) is 18.8. The van der Waals surface area contributed by atoms with Crippen LogP contribution in [-0.4, -0.2) is 29.4 Å². The number of alkyl halides is 3. The number of carbonyl (C=O) groups excluding carboxylic acids is 1. The summed E-state index contributed by atoms with van der Waals surface area (Å²) >= 11 is 0. The fourth-order valence-electron chi connectivity index (χ4n) is 3.93. The largest absolute Gasteiger partial charge is 0.573 e. The van der Waals surface area contributed by atoms with E-state index in [0.717, 1.165) is 11.8 Å². The Kier molecular flexibility index (Phi) is 7.84. The van der Waals surface area contributed by atoms with Gasteiger partial charge < -0.3 is 19.8 Å². The topological polar surface area (TPSA) is 76.2 Å². The second-order valence-corrected chi connectivity index (χ2v) is 8.38. The van der Waals surface area contributed by atoms with Crippen LogP contribution in [0.25, 0.3) is 11.0 Å². The molecule has 0 aliphatic heterocycles. The number of nitrogens with zero attached hydrogens (tertiary/aromatic N) is 1. The van der Waals surface area contributed by atoms with E-state index in [2.05, 4.69) is 38.6 Å². The number of benzene rings is 2. The van der Waals surface area contributed by atoms with E-state index < -0.39 is 12.3 Å². The number of esters is 1. The maximum atomic E-state index is 12.1. The average molecular weight is 464 g/mol. The lowest BCUT2D eigenvalue weighted by atomic mass is 9.84. The number of methoxy groups -OCH3 is 1. The van der Waals surface area contributed by atoms with Gasteiger partial charge in [-0.15, -0.1) is 13.2 Å². The summed E-state index contributed by atoms with van der Waals surface area (Å²) in [6.45, 7) is 4.74. The molecule has 2 unspecified atom stereocenters. The van der Waals surface area contributed by atoms with Crippen LogP contribution >= 0.6 is 0 Å². The highest BCUT2D eigenvalue weighted by molar-refractivity contribution is 5.94. The molecule has 0 amide bonds. The number of aromatic nitrogens is 2. The minimum Gasteiger partial charge on any atom is -0.465 e. The molecule has 0 spiro atoms. The molecule has 2 atom stereocenters. The lowest BCUT2D eigenvalue weighted by Crippen LogP contribution is -2.16. The molecule has 33 heavy (non-hydrogen) atoms. The number of nitrogens with one attached hydrogen (secondary N) is 2. The number of aromatic amines is 1. The van der Waals surface area contributed by atoms with Crippen LogP contribution in [0.15, 0.2) is 42.5 Å². The van der Waals surface area contributed by atoms with Crippen molar-refractivity contribution in [1.29, 1.82) is 0 Å². The molecule has 3 aromatic rings. The molecule has 0 saturated heterocycles. The monoisotopic (exact) mass is 463 g/mol. The van der Waals surface area contributed by atoms with E-state index in [-0.39, 0.29) is 5.75 Å². The molecule has 4 rings (SSSR count). The van der Waals surface area contributed by atoms with E-state index in [1.807, 2.05) is 0 Å². The second-order valence-electron chi connectivity index (χ2n) is 8.38. The summed E-state index contributed by atoms with van der Waals surface area (Å²) in [5.74, 6) is 1.62. The number of carbonyl (C=O) groups is 1. The number of H-pyrrole nitrogens is 1. The Morgan fingerprint density at radius 2 is 1.76 bits per heavy atom. The first-order valence-electron chi connectivity index (χ1n) is 10.8. The van der Waals surface area contributed by atoms with Crippen LogP contribution in [0.3, 0.4) is 0 Å². The first kappa shape index (κ1) is 24.4. The van der Waals surface area contributed by atoms with Crippen LogP contribution in [-0.2, 0) is 4.74 Å². The molecule has 1 aromatic heterocycles. The predicted molar refractivity (Wildman–Crippen MR) is 121 cm³/mol. The molecular weight excluding hydrogens is 435 g/mol. The van der Waals surface area contributed by atoms with Crippen LogP contribution in [0, 0.1) is 11.8 Å². The summed E-state index contributed by atoms with van der Waals surface area (Å²) in [6.07, 6.45) is 1.17. The van der Waals surface area contributed by atoms with Crippen LogP contribution < -0.4 is 10.1 Å². The van der Waals surface area contributed by atoms with Crippen LogP contribution in [0.5, 0.6) is 5.75 Å². The van der Waals surface area contributed by atoms with Crippen molar-refractivity contribution in [2.45, 2.75) is 45.9 Å². The van der Waals surface area contributed by atoms with Crippen molar-refractivity contribution < 1.29 is 27.4 Å². The standard InChI is InChI=1S/C16H12F3N3O3.C8H16/c1-24-14(23)9-2-7-12-13(8-9)22-15(21-12)20-10-3-5-11(6-4-10)25-16(17,18)19;1-7-4-3-5-8(2)6-7/h2-8H,1H3,(H2,20,21,22);7-8H,3-6H2,1-2H3. The van der Waals surface area contributed by atoms with Crippen LogP contribution in [0.1, 0.15) is 49.9 Å². The summed E-state index contributed by atoms with van der Waals surface area (Å²) in [6, 6.07) is 10.1. The number of halogens is 3. The third-order valence-electron chi connectivity index (χ3n) is 5.45. The molecule has 0 bridgehead atoms. The Balaban J connectivity index is 0.000000323. The van der Waals surface area contributed by atoms with Gasteiger partial charge in [-0.1, -0.05) is 33.1 Å². The number of fused-ring (bicyclic) bond motifs is 1. The maximum Gasteiger partial charge on any atom is 0.573 e. The molecule has 1 aliphatic carbocycles. The number of hydrogen-bond acceptors (Lipinski definition) is 5. The van der Waals surface area contributed by atoms with Crippen molar-refractivity contribution in [1.82, 2.24) is 9.97 Å². The maximum absolute atomic E-state index is 12.1. The first-order valence-corrected chi connectivity index (χ1v) is 10.8. The summed E-state index contributed by atoms with van der Waals surface area (Å²) in [7, 11) is 1.29. The van der Waals surface area contributed by atoms with E-state index in [0.29, 0.717) is 28.2 Å². The molecule has 2 aromatic carbocycles. The normalized spacial score (nSPS) is 18.2. The van der Waals surface area contributed by atoms with Gasteiger partial charge in [0.1, 0.15) is 5.75 Å². The van der Waals surface area contributed by atoms with Gasteiger partial charge in [-0.3, -0.25) is 0 Å². The Labute approximate surface area is 190 Å². The number of imidazole rings is 1. The number of anilines is 2. The second kappa shape index (κ2) is 10.6. The third kappa shape index (κ3) is 7.40. The highest BCUT2D eigenvalue weighted by Gasteiger charge is 2.30. The zero-order valence-electron chi connectivity index (χ0n) is 18.8. The van der Waals surface area contributed by atoms with Crippen molar-refractivity contribution in [2.24, 2.45) is 11.8 Å². The van der Waals surface area contributed by atoms with Crippen molar-refractivity contribution in [2.75, 3.05) is 12.4 Å². The third-order valence-corrected chi connectivity index (χ3v) is 5.45. The minimum absolute atomic E-state index is 0.314. The molecule has 1 saturated carbocycles. The van der Waals surface area contributed by atoms with Gasteiger partial charge in [0.05, 0.1) is 23.7 Å². The summed E-state index contributed by atoms with van der Waals surface area (Å²) in [5, 5.41) is 2.93. The SMILES string of the molecule is CC1CCCC(C)C1.COC(=O)c1ccc2nc(Nc3ccc(OC(F)(F)F)cc3)[nH]c2c1. The van der Waals surface area contributed by atoms with Gasteiger partial charge in [0, 0.05) is 5.69 Å². The van der Waals surface area contributed by atoms with E-state index in [4.69, 9.17) is 0 Å². The number of rotatable bonds is 4.